The fourth-order valence-corrected chi connectivity index (χ4v) is 5.95. The summed E-state index contributed by atoms with van der Waals surface area (Å²) in [6.07, 6.45) is 10.2. The number of aromatic nitrogens is 4. The van der Waals surface area contributed by atoms with E-state index in [0.717, 1.165) is 43.1 Å². The highest BCUT2D eigenvalue weighted by atomic mass is 32.2. The van der Waals surface area contributed by atoms with Crippen LogP contribution in [-0.2, 0) is 0 Å². The highest BCUT2D eigenvalue weighted by Crippen LogP contribution is 2.30. The smallest absolute Gasteiger partial charge is 0.333 e. The molecule has 1 aliphatic carbocycles. The van der Waals surface area contributed by atoms with Crippen LogP contribution in [0.1, 0.15) is 51.5 Å². The first kappa shape index (κ1) is 22.2. The van der Waals surface area contributed by atoms with Crippen LogP contribution < -0.4 is 11.0 Å². The third-order valence-electron chi connectivity index (χ3n) is 6.85. The van der Waals surface area contributed by atoms with Crippen molar-refractivity contribution in [3.63, 3.8) is 0 Å². The lowest BCUT2D eigenvalue weighted by molar-refractivity contribution is 0.360. The van der Waals surface area contributed by atoms with Gasteiger partial charge in [-0.25, -0.2) is 19.2 Å². The Kier molecular flexibility index (Phi) is 6.53. The number of nitrogens with one attached hydrogen (secondary N) is 1. The van der Waals surface area contributed by atoms with Crippen LogP contribution in [0.5, 0.6) is 0 Å². The maximum atomic E-state index is 13.6. The molecule has 2 aromatic heterocycles. The fourth-order valence-electron chi connectivity index (χ4n) is 4.87. The Labute approximate surface area is 197 Å². The van der Waals surface area contributed by atoms with Crippen LogP contribution in [-0.4, -0.2) is 36.6 Å². The van der Waals surface area contributed by atoms with E-state index in [1.165, 1.54) is 25.0 Å². The Bertz CT molecular complexity index is 1140. The average Bonchev–Trinajstić information content (AvgIpc) is 3.19. The molecule has 1 aromatic carbocycles. The van der Waals surface area contributed by atoms with Crippen molar-refractivity contribution in [3.8, 4) is 17.1 Å². The largest absolute Gasteiger partial charge is 0.351 e. The van der Waals surface area contributed by atoms with Crippen molar-refractivity contribution in [1.82, 2.24) is 19.1 Å². The second kappa shape index (κ2) is 9.71. The summed E-state index contributed by atoms with van der Waals surface area (Å²) in [6, 6.07) is 8.44. The molecule has 3 aromatic rings. The maximum absolute atomic E-state index is 13.6. The third-order valence-corrected chi connectivity index (χ3v) is 7.90. The fraction of sp³-hybridized carbons (Fsp3) is 0.480. The molecular weight excluding hydrogens is 437 g/mol. The van der Waals surface area contributed by atoms with Gasteiger partial charge >= 0.3 is 5.69 Å². The number of halogens is 1. The summed E-state index contributed by atoms with van der Waals surface area (Å²) in [7, 11) is 0. The van der Waals surface area contributed by atoms with E-state index in [1.807, 2.05) is 28.6 Å². The molecule has 8 heteroatoms. The second-order valence-corrected chi connectivity index (χ2v) is 10.5. The number of imidazole rings is 1. The van der Waals surface area contributed by atoms with E-state index < -0.39 is 0 Å². The number of nitrogens with zero attached hydrogens (tertiary/aromatic N) is 4. The van der Waals surface area contributed by atoms with Gasteiger partial charge in [0, 0.05) is 24.5 Å². The van der Waals surface area contributed by atoms with Gasteiger partial charge in [0.25, 0.3) is 0 Å². The molecular formula is C25H30FN5OS. The lowest BCUT2D eigenvalue weighted by Crippen LogP contribution is -2.28. The summed E-state index contributed by atoms with van der Waals surface area (Å²) in [5, 5.41) is 3.49. The van der Waals surface area contributed by atoms with Gasteiger partial charge < -0.3 is 5.32 Å². The average molecular weight is 468 g/mol. The van der Waals surface area contributed by atoms with Gasteiger partial charge in [-0.2, -0.15) is 11.8 Å². The molecule has 3 heterocycles. The number of benzene rings is 1. The number of thioether (sulfide) groups is 1. The normalized spacial score (nSPS) is 21.8. The molecule has 1 aliphatic heterocycles. The number of rotatable bonds is 5. The first-order valence-electron chi connectivity index (χ1n) is 11.9. The van der Waals surface area contributed by atoms with Crippen LogP contribution in [0.4, 0.5) is 10.3 Å². The molecule has 0 atom stereocenters. The van der Waals surface area contributed by atoms with E-state index in [0.29, 0.717) is 29.1 Å². The molecule has 174 valence electrons. The molecule has 5 rings (SSSR count). The van der Waals surface area contributed by atoms with E-state index in [1.54, 1.807) is 22.9 Å². The van der Waals surface area contributed by atoms with Gasteiger partial charge in [-0.3, -0.25) is 9.13 Å². The van der Waals surface area contributed by atoms with Crippen LogP contribution in [0.2, 0.25) is 0 Å². The molecule has 0 amide bonds. The van der Waals surface area contributed by atoms with Gasteiger partial charge in [0.15, 0.2) is 0 Å². The molecule has 0 bridgehead atoms. The minimum absolute atomic E-state index is 0.108. The molecule has 2 aliphatic rings. The summed E-state index contributed by atoms with van der Waals surface area (Å²) < 4.78 is 17.1. The van der Waals surface area contributed by atoms with E-state index in [4.69, 9.17) is 4.98 Å². The van der Waals surface area contributed by atoms with Gasteiger partial charge in [0.2, 0.25) is 5.95 Å². The zero-order chi connectivity index (χ0) is 22.8. The van der Waals surface area contributed by atoms with Gasteiger partial charge in [0.1, 0.15) is 5.82 Å². The van der Waals surface area contributed by atoms with Crippen molar-refractivity contribution in [2.24, 2.45) is 5.92 Å². The van der Waals surface area contributed by atoms with E-state index >= 15 is 0 Å². The van der Waals surface area contributed by atoms with E-state index in [2.05, 4.69) is 17.2 Å². The summed E-state index contributed by atoms with van der Waals surface area (Å²) in [5.41, 5.74) is 1.91. The second-order valence-electron chi connectivity index (χ2n) is 9.23. The Balaban J connectivity index is 1.52. The summed E-state index contributed by atoms with van der Waals surface area (Å²) in [6.45, 7) is 2.30. The Morgan fingerprint density at radius 2 is 1.76 bits per heavy atom. The molecule has 0 spiro atoms. The van der Waals surface area contributed by atoms with Crippen LogP contribution in [0.15, 0.2) is 47.5 Å². The minimum atomic E-state index is -0.326. The minimum Gasteiger partial charge on any atom is -0.351 e. The lowest BCUT2D eigenvalue weighted by Gasteiger charge is -2.26. The molecule has 1 saturated heterocycles. The Hall–Kier alpha value is -2.61. The quantitative estimate of drug-likeness (QED) is 0.552. The van der Waals surface area contributed by atoms with Crippen LogP contribution in [0.25, 0.3) is 17.1 Å². The Morgan fingerprint density at radius 3 is 2.48 bits per heavy atom. The predicted molar refractivity (Wildman–Crippen MR) is 132 cm³/mol. The first-order chi connectivity index (χ1) is 16.1. The predicted octanol–water partition coefficient (Wildman–Crippen LogP) is 5.29. The summed E-state index contributed by atoms with van der Waals surface area (Å²) in [4.78, 5) is 22.8. The van der Waals surface area contributed by atoms with Crippen molar-refractivity contribution in [1.29, 1.82) is 0 Å². The van der Waals surface area contributed by atoms with Gasteiger partial charge in [-0.15, -0.1) is 0 Å². The Morgan fingerprint density at radius 1 is 1.03 bits per heavy atom. The van der Waals surface area contributed by atoms with Crippen molar-refractivity contribution in [2.45, 2.75) is 57.5 Å². The highest BCUT2D eigenvalue weighted by molar-refractivity contribution is 7.99. The zero-order valence-electron chi connectivity index (χ0n) is 18.9. The molecule has 0 unspecified atom stereocenters. The van der Waals surface area contributed by atoms with E-state index in [9.17, 15) is 9.18 Å². The number of hydrogen-bond donors (Lipinski definition) is 1. The van der Waals surface area contributed by atoms with Crippen molar-refractivity contribution in [3.05, 3.63) is 59.0 Å². The van der Waals surface area contributed by atoms with Crippen molar-refractivity contribution >= 4 is 17.7 Å². The van der Waals surface area contributed by atoms with Gasteiger partial charge in [-0.05, 0) is 86.3 Å². The number of hydrogen-bond acceptors (Lipinski definition) is 5. The molecule has 2 fully saturated rings. The van der Waals surface area contributed by atoms with Crippen molar-refractivity contribution < 1.29 is 4.39 Å². The molecule has 1 saturated carbocycles. The molecule has 6 nitrogen and oxygen atoms in total. The molecule has 33 heavy (non-hydrogen) atoms. The molecule has 1 N–H and O–H groups in total. The molecule has 0 radical (unpaired) electrons. The van der Waals surface area contributed by atoms with Crippen molar-refractivity contribution in [2.75, 3.05) is 16.8 Å². The standard InChI is InChI=1S/C25H30FN5OS/c1-17-2-6-19(7-3-17)28-24-27-13-10-22(29-24)23-16-30(20-11-14-33-15-12-20)25(32)31(23)21-8-4-18(26)5-9-21/h4-5,8-10,13,16-17,19-20H,2-3,6-7,11-12,14-15H2,1H3,(H,27,28,29)/t17-,19-. The summed E-state index contributed by atoms with van der Waals surface area (Å²) in [5.74, 6) is 3.14. The zero-order valence-corrected chi connectivity index (χ0v) is 19.7. The lowest BCUT2D eigenvalue weighted by atomic mass is 9.87. The highest BCUT2D eigenvalue weighted by Gasteiger charge is 2.24. The van der Waals surface area contributed by atoms with Gasteiger partial charge in [-0.1, -0.05) is 6.92 Å². The SMILES string of the molecule is C[C@H]1CC[C@H](Nc2nccc(-c3cn(C4CCSCC4)c(=O)n3-c3ccc(F)cc3)n2)CC1. The van der Waals surface area contributed by atoms with Crippen LogP contribution in [0, 0.1) is 11.7 Å². The monoisotopic (exact) mass is 467 g/mol. The van der Waals surface area contributed by atoms with E-state index in [-0.39, 0.29) is 17.5 Å². The summed E-state index contributed by atoms with van der Waals surface area (Å²) >= 11 is 1.93. The maximum Gasteiger partial charge on any atom is 0.333 e. The van der Waals surface area contributed by atoms with Crippen LogP contribution >= 0.6 is 11.8 Å². The third kappa shape index (κ3) is 4.86. The topological polar surface area (TPSA) is 64.7 Å². The van der Waals surface area contributed by atoms with Crippen LogP contribution in [0.3, 0.4) is 0 Å². The first-order valence-corrected chi connectivity index (χ1v) is 13.0. The number of anilines is 1. The van der Waals surface area contributed by atoms with Gasteiger partial charge in [0.05, 0.1) is 17.1 Å².